The van der Waals surface area contributed by atoms with Crippen LogP contribution >= 0.6 is 0 Å². The lowest BCUT2D eigenvalue weighted by molar-refractivity contribution is 0.411. The van der Waals surface area contributed by atoms with Crippen molar-refractivity contribution >= 4 is 5.95 Å². The van der Waals surface area contributed by atoms with E-state index in [1.165, 1.54) is 0 Å². The molecule has 0 aliphatic rings. The van der Waals surface area contributed by atoms with Crippen LogP contribution in [0.5, 0.6) is 5.75 Å². The summed E-state index contributed by atoms with van der Waals surface area (Å²) in [4.78, 5) is 8.18. The van der Waals surface area contributed by atoms with Gasteiger partial charge in [-0.05, 0) is 12.1 Å². The lowest BCUT2D eigenvalue weighted by atomic mass is 10.3. The summed E-state index contributed by atoms with van der Waals surface area (Å²) in [5.74, 6) is 2.19. The van der Waals surface area contributed by atoms with E-state index in [2.05, 4.69) is 15.3 Å². The standard InChI is InChI=1S/C11H13N3O2/c1-15-10-7-13-11(14-8-10)12-5-4-9-3-2-6-16-9/h2-3,6-8H,4-5H2,1H3,(H,12,13,14). The minimum atomic E-state index is 0.590. The molecule has 5 heteroatoms. The number of hydrogen-bond acceptors (Lipinski definition) is 5. The van der Waals surface area contributed by atoms with Gasteiger partial charge < -0.3 is 14.5 Å². The first-order chi connectivity index (χ1) is 7.88. The van der Waals surface area contributed by atoms with Gasteiger partial charge in [0.15, 0.2) is 5.75 Å². The van der Waals surface area contributed by atoms with E-state index in [1.807, 2.05) is 12.1 Å². The maximum Gasteiger partial charge on any atom is 0.222 e. The molecule has 2 aromatic rings. The summed E-state index contributed by atoms with van der Waals surface area (Å²) in [6, 6.07) is 3.82. The fourth-order valence-electron chi connectivity index (χ4n) is 1.27. The first kappa shape index (κ1) is 10.5. The molecule has 0 saturated carbocycles. The van der Waals surface area contributed by atoms with Crippen LogP contribution in [0.4, 0.5) is 5.95 Å². The molecule has 5 nitrogen and oxygen atoms in total. The smallest absolute Gasteiger partial charge is 0.222 e. The minimum absolute atomic E-state index is 0.590. The Bertz CT molecular complexity index is 411. The third-order valence-corrected chi connectivity index (χ3v) is 2.10. The Morgan fingerprint density at radius 3 is 2.81 bits per heavy atom. The van der Waals surface area contributed by atoms with Gasteiger partial charge in [-0.1, -0.05) is 0 Å². The van der Waals surface area contributed by atoms with Crippen LogP contribution in [0.3, 0.4) is 0 Å². The van der Waals surface area contributed by atoms with E-state index in [9.17, 15) is 0 Å². The van der Waals surface area contributed by atoms with E-state index < -0.39 is 0 Å². The summed E-state index contributed by atoms with van der Waals surface area (Å²) < 4.78 is 10.2. The average Bonchev–Trinajstić information content (AvgIpc) is 2.83. The molecule has 16 heavy (non-hydrogen) atoms. The highest BCUT2D eigenvalue weighted by molar-refractivity contribution is 5.27. The third kappa shape index (κ3) is 2.73. The number of rotatable bonds is 5. The highest BCUT2D eigenvalue weighted by Gasteiger charge is 1.98. The van der Waals surface area contributed by atoms with Gasteiger partial charge in [-0.25, -0.2) is 9.97 Å². The molecule has 0 spiro atoms. The Balaban J connectivity index is 1.81. The van der Waals surface area contributed by atoms with E-state index in [0.29, 0.717) is 11.7 Å². The number of nitrogens with one attached hydrogen (secondary N) is 1. The van der Waals surface area contributed by atoms with Crippen LogP contribution in [-0.2, 0) is 6.42 Å². The number of anilines is 1. The second-order valence-electron chi connectivity index (χ2n) is 3.20. The molecule has 0 saturated heterocycles. The average molecular weight is 219 g/mol. The molecule has 0 fully saturated rings. The van der Waals surface area contributed by atoms with Gasteiger partial charge in [-0.2, -0.15) is 0 Å². The SMILES string of the molecule is COc1cnc(NCCc2ccco2)nc1. The van der Waals surface area contributed by atoms with Crippen molar-refractivity contribution in [1.29, 1.82) is 0 Å². The molecule has 0 aliphatic heterocycles. The second-order valence-corrected chi connectivity index (χ2v) is 3.20. The van der Waals surface area contributed by atoms with Gasteiger partial charge in [0.1, 0.15) is 5.76 Å². The first-order valence-corrected chi connectivity index (χ1v) is 5.01. The van der Waals surface area contributed by atoms with Crippen molar-refractivity contribution in [3.63, 3.8) is 0 Å². The van der Waals surface area contributed by atoms with Gasteiger partial charge in [-0.3, -0.25) is 0 Å². The van der Waals surface area contributed by atoms with Crippen molar-refractivity contribution in [3.05, 3.63) is 36.5 Å². The van der Waals surface area contributed by atoms with E-state index in [1.54, 1.807) is 25.8 Å². The van der Waals surface area contributed by atoms with Gasteiger partial charge >= 0.3 is 0 Å². The van der Waals surface area contributed by atoms with Crippen molar-refractivity contribution in [3.8, 4) is 5.75 Å². The number of furan rings is 1. The van der Waals surface area contributed by atoms with Crippen molar-refractivity contribution in [1.82, 2.24) is 9.97 Å². The summed E-state index contributed by atoms with van der Waals surface area (Å²) in [7, 11) is 1.59. The van der Waals surface area contributed by atoms with E-state index in [0.717, 1.165) is 18.7 Å². The normalized spacial score (nSPS) is 10.1. The Morgan fingerprint density at radius 1 is 1.38 bits per heavy atom. The van der Waals surface area contributed by atoms with Crippen LogP contribution in [-0.4, -0.2) is 23.6 Å². The quantitative estimate of drug-likeness (QED) is 0.829. The number of nitrogens with zero attached hydrogens (tertiary/aromatic N) is 2. The molecule has 0 unspecified atom stereocenters. The number of aromatic nitrogens is 2. The van der Waals surface area contributed by atoms with Gasteiger partial charge in [0.2, 0.25) is 5.95 Å². The van der Waals surface area contributed by atoms with Crippen molar-refractivity contribution in [2.75, 3.05) is 19.0 Å². The molecule has 0 amide bonds. The van der Waals surface area contributed by atoms with Crippen LogP contribution < -0.4 is 10.1 Å². The molecule has 2 aromatic heterocycles. The lowest BCUT2D eigenvalue weighted by Gasteiger charge is -2.03. The molecule has 2 rings (SSSR count). The van der Waals surface area contributed by atoms with Crippen LogP contribution in [0.2, 0.25) is 0 Å². The van der Waals surface area contributed by atoms with Gasteiger partial charge in [0.05, 0.1) is 25.8 Å². The fraction of sp³-hybridized carbons (Fsp3) is 0.273. The molecule has 0 bridgehead atoms. The number of hydrogen-bond donors (Lipinski definition) is 1. The molecule has 84 valence electrons. The fourth-order valence-corrected chi connectivity index (χ4v) is 1.27. The van der Waals surface area contributed by atoms with Crippen LogP contribution in [0.15, 0.2) is 35.2 Å². The summed E-state index contributed by atoms with van der Waals surface area (Å²) in [5, 5.41) is 3.10. The van der Waals surface area contributed by atoms with Crippen molar-refractivity contribution < 1.29 is 9.15 Å². The third-order valence-electron chi connectivity index (χ3n) is 2.10. The van der Waals surface area contributed by atoms with Gasteiger partial charge in [0.25, 0.3) is 0 Å². The zero-order valence-electron chi connectivity index (χ0n) is 9.01. The second kappa shape index (κ2) is 5.16. The molecule has 0 atom stereocenters. The molecular formula is C11H13N3O2. The first-order valence-electron chi connectivity index (χ1n) is 5.01. The predicted molar refractivity (Wildman–Crippen MR) is 59.5 cm³/mol. The number of ether oxygens (including phenoxy) is 1. The zero-order chi connectivity index (χ0) is 11.2. The summed E-state index contributed by atoms with van der Waals surface area (Å²) in [6.07, 6.45) is 5.73. The Labute approximate surface area is 93.5 Å². The Morgan fingerprint density at radius 2 is 2.19 bits per heavy atom. The Kier molecular flexibility index (Phi) is 3.38. The molecule has 1 N–H and O–H groups in total. The molecule has 2 heterocycles. The summed E-state index contributed by atoms with van der Waals surface area (Å²) >= 11 is 0. The van der Waals surface area contributed by atoms with Crippen LogP contribution in [0.1, 0.15) is 5.76 Å². The highest BCUT2D eigenvalue weighted by atomic mass is 16.5. The van der Waals surface area contributed by atoms with Crippen molar-refractivity contribution in [2.45, 2.75) is 6.42 Å². The zero-order valence-corrected chi connectivity index (χ0v) is 9.01. The minimum Gasteiger partial charge on any atom is -0.494 e. The molecule has 0 aromatic carbocycles. The summed E-state index contributed by atoms with van der Waals surface area (Å²) in [5.41, 5.74) is 0. The number of methoxy groups -OCH3 is 1. The maximum absolute atomic E-state index is 5.21. The topological polar surface area (TPSA) is 60.2 Å². The van der Waals surface area contributed by atoms with E-state index in [-0.39, 0.29) is 0 Å². The highest BCUT2D eigenvalue weighted by Crippen LogP contribution is 2.07. The monoisotopic (exact) mass is 219 g/mol. The molecular weight excluding hydrogens is 206 g/mol. The predicted octanol–water partition coefficient (Wildman–Crippen LogP) is 1.73. The van der Waals surface area contributed by atoms with Gasteiger partial charge in [-0.15, -0.1) is 0 Å². The molecule has 0 radical (unpaired) electrons. The van der Waals surface area contributed by atoms with Crippen molar-refractivity contribution in [2.24, 2.45) is 0 Å². The van der Waals surface area contributed by atoms with Gasteiger partial charge in [0, 0.05) is 13.0 Å². The largest absolute Gasteiger partial charge is 0.494 e. The van der Waals surface area contributed by atoms with E-state index >= 15 is 0 Å². The van der Waals surface area contributed by atoms with Crippen LogP contribution in [0, 0.1) is 0 Å². The van der Waals surface area contributed by atoms with Crippen LogP contribution in [0.25, 0.3) is 0 Å². The lowest BCUT2D eigenvalue weighted by Crippen LogP contribution is -2.07. The molecule has 0 aliphatic carbocycles. The summed E-state index contributed by atoms with van der Waals surface area (Å²) in [6.45, 7) is 0.736. The Hall–Kier alpha value is -2.04. The van der Waals surface area contributed by atoms with E-state index in [4.69, 9.17) is 9.15 Å². The maximum atomic E-state index is 5.21.